The van der Waals surface area contributed by atoms with Crippen molar-refractivity contribution in [1.29, 1.82) is 0 Å². The second kappa shape index (κ2) is 3.51. The van der Waals surface area contributed by atoms with E-state index in [4.69, 9.17) is 0 Å². The maximum atomic E-state index is 12.8. The fourth-order valence-corrected chi connectivity index (χ4v) is 2.15. The molecule has 0 bridgehead atoms. The Morgan fingerprint density at radius 1 is 1.13 bits per heavy atom. The Labute approximate surface area is 94.6 Å². The molecular formula is C11H10BrF3. The molecule has 0 saturated heterocycles. The van der Waals surface area contributed by atoms with Crippen molar-refractivity contribution < 1.29 is 13.2 Å². The van der Waals surface area contributed by atoms with Gasteiger partial charge in [-0.2, -0.15) is 13.2 Å². The van der Waals surface area contributed by atoms with E-state index in [-0.39, 0.29) is 12.8 Å². The first-order valence-electron chi connectivity index (χ1n) is 4.72. The van der Waals surface area contributed by atoms with E-state index in [1.165, 1.54) is 0 Å². The molecule has 1 aliphatic carbocycles. The summed E-state index contributed by atoms with van der Waals surface area (Å²) in [4.78, 5) is 0. The number of rotatable bonds is 2. The van der Waals surface area contributed by atoms with Gasteiger partial charge in [0, 0.05) is 5.33 Å². The van der Waals surface area contributed by atoms with Crippen LogP contribution in [0.25, 0.3) is 0 Å². The van der Waals surface area contributed by atoms with E-state index in [1.54, 1.807) is 24.3 Å². The fraction of sp³-hybridized carbons (Fsp3) is 0.455. The van der Waals surface area contributed by atoms with Crippen molar-refractivity contribution in [3.63, 3.8) is 0 Å². The van der Waals surface area contributed by atoms with Crippen LogP contribution in [0.2, 0.25) is 0 Å². The van der Waals surface area contributed by atoms with Crippen LogP contribution >= 0.6 is 15.9 Å². The van der Waals surface area contributed by atoms with Gasteiger partial charge in [0.1, 0.15) is 0 Å². The average Bonchev–Trinajstić information content (AvgIpc) is 2.98. The summed E-state index contributed by atoms with van der Waals surface area (Å²) in [6, 6.07) is 6.68. The van der Waals surface area contributed by atoms with Gasteiger partial charge in [-0.1, -0.05) is 40.2 Å². The van der Waals surface area contributed by atoms with Crippen molar-refractivity contribution in [2.45, 2.75) is 29.8 Å². The molecule has 82 valence electrons. The highest BCUT2D eigenvalue weighted by Gasteiger charge is 2.64. The molecule has 0 amide bonds. The van der Waals surface area contributed by atoms with Gasteiger partial charge in [-0.15, -0.1) is 0 Å². The summed E-state index contributed by atoms with van der Waals surface area (Å²) in [6.45, 7) is 0. The van der Waals surface area contributed by atoms with Gasteiger partial charge in [-0.05, 0) is 24.0 Å². The smallest absolute Gasteiger partial charge is 0.170 e. The molecule has 0 atom stereocenters. The van der Waals surface area contributed by atoms with Crippen LogP contribution in [0.3, 0.4) is 0 Å². The lowest BCUT2D eigenvalue weighted by atomic mass is 9.94. The largest absolute Gasteiger partial charge is 0.398 e. The third-order valence-corrected chi connectivity index (χ3v) is 3.60. The molecule has 1 aromatic rings. The zero-order valence-corrected chi connectivity index (χ0v) is 9.53. The summed E-state index contributed by atoms with van der Waals surface area (Å²) < 4.78 is 38.3. The quantitative estimate of drug-likeness (QED) is 0.712. The fourth-order valence-electron chi connectivity index (χ4n) is 1.77. The van der Waals surface area contributed by atoms with Gasteiger partial charge in [0.25, 0.3) is 0 Å². The Bertz CT molecular complexity index is 349. The number of halogens is 4. The predicted octanol–water partition coefficient (Wildman–Crippen LogP) is 4.18. The maximum absolute atomic E-state index is 12.8. The first kappa shape index (κ1) is 11.0. The summed E-state index contributed by atoms with van der Waals surface area (Å²) in [5.41, 5.74) is -0.144. The molecule has 15 heavy (non-hydrogen) atoms. The number of alkyl halides is 4. The van der Waals surface area contributed by atoms with Crippen LogP contribution in [-0.4, -0.2) is 6.18 Å². The highest BCUT2D eigenvalue weighted by atomic mass is 79.9. The molecule has 0 aromatic heterocycles. The van der Waals surface area contributed by atoms with E-state index in [1.807, 2.05) is 0 Å². The van der Waals surface area contributed by atoms with E-state index >= 15 is 0 Å². The first-order valence-corrected chi connectivity index (χ1v) is 5.84. The van der Waals surface area contributed by atoms with Crippen LogP contribution in [-0.2, 0) is 10.7 Å². The molecule has 0 radical (unpaired) electrons. The highest BCUT2D eigenvalue weighted by molar-refractivity contribution is 9.08. The third kappa shape index (κ3) is 1.80. The Hall–Kier alpha value is -0.510. The molecule has 0 heterocycles. The zero-order chi connectivity index (χ0) is 11.1. The van der Waals surface area contributed by atoms with E-state index in [0.717, 1.165) is 5.56 Å². The normalized spacial score (nSPS) is 18.9. The van der Waals surface area contributed by atoms with Crippen LogP contribution in [0.4, 0.5) is 13.2 Å². The van der Waals surface area contributed by atoms with Gasteiger partial charge in [0.05, 0.1) is 5.41 Å². The van der Waals surface area contributed by atoms with Crippen molar-refractivity contribution in [3.8, 4) is 0 Å². The lowest BCUT2D eigenvalue weighted by molar-refractivity contribution is -0.160. The standard InChI is InChI=1S/C11H10BrF3/c12-7-8-1-3-9(4-2-8)10(5-6-10)11(13,14)15/h1-4H,5-7H2. The first-order chi connectivity index (χ1) is 6.99. The van der Waals surface area contributed by atoms with Crippen LogP contribution in [0.1, 0.15) is 24.0 Å². The van der Waals surface area contributed by atoms with E-state index in [9.17, 15) is 13.2 Å². The molecular weight excluding hydrogens is 269 g/mol. The van der Waals surface area contributed by atoms with Crippen molar-refractivity contribution in [1.82, 2.24) is 0 Å². The maximum Gasteiger partial charge on any atom is 0.398 e. The molecule has 1 aromatic carbocycles. The lowest BCUT2D eigenvalue weighted by Crippen LogP contribution is -2.28. The van der Waals surface area contributed by atoms with Gasteiger partial charge in [-0.3, -0.25) is 0 Å². The summed E-state index contributed by atoms with van der Waals surface area (Å²) in [5.74, 6) is 0. The van der Waals surface area contributed by atoms with E-state index in [0.29, 0.717) is 10.9 Å². The molecule has 2 rings (SSSR count). The third-order valence-electron chi connectivity index (χ3n) is 2.95. The topological polar surface area (TPSA) is 0 Å². The molecule has 1 saturated carbocycles. The molecule has 0 nitrogen and oxygen atoms in total. The van der Waals surface area contributed by atoms with Crippen LogP contribution in [0.15, 0.2) is 24.3 Å². The van der Waals surface area contributed by atoms with E-state index in [2.05, 4.69) is 15.9 Å². The minimum atomic E-state index is -4.11. The van der Waals surface area contributed by atoms with Crippen molar-refractivity contribution in [2.75, 3.05) is 0 Å². The molecule has 1 fully saturated rings. The molecule has 0 unspecified atom stereocenters. The summed E-state index contributed by atoms with van der Waals surface area (Å²) in [6.07, 6.45) is -3.66. The number of benzene rings is 1. The molecule has 0 N–H and O–H groups in total. The molecule has 0 spiro atoms. The van der Waals surface area contributed by atoms with Gasteiger partial charge in [-0.25, -0.2) is 0 Å². The van der Waals surface area contributed by atoms with Gasteiger partial charge in [0.2, 0.25) is 0 Å². The summed E-state index contributed by atoms with van der Waals surface area (Å²) in [5, 5.41) is 0.673. The second-order valence-electron chi connectivity index (χ2n) is 3.91. The average molecular weight is 279 g/mol. The van der Waals surface area contributed by atoms with Crippen molar-refractivity contribution in [2.24, 2.45) is 0 Å². The second-order valence-corrected chi connectivity index (χ2v) is 4.47. The van der Waals surface area contributed by atoms with Crippen LogP contribution < -0.4 is 0 Å². The Morgan fingerprint density at radius 2 is 1.67 bits per heavy atom. The van der Waals surface area contributed by atoms with Crippen LogP contribution in [0.5, 0.6) is 0 Å². The molecule has 4 heteroatoms. The molecule has 0 aliphatic heterocycles. The Morgan fingerprint density at radius 3 is 2.00 bits per heavy atom. The molecule has 1 aliphatic rings. The lowest BCUT2D eigenvalue weighted by Gasteiger charge is -2.19. The van der Waals surface area contributed by atoms with Crippen LogP contribution in [0, 0.1) is 0 Å². The summed E-state index contributed by atoms with van der Waals surface area (Å²) in [7, 11) is 0. The van der Waals surface area contributed by atoms with Crippen molar-refractivity contribution >= 4 is 15.9 Å². The van der Waals surface area contributed by atoms with Gasteiger partial charge in [0.15, 0.2) is 0 Å². The zero-order valence-electron chi connectivity index (χ0n) is 7.94. The monoisotopic (exact) mass is 278 g/mol. The van der Waals surface area contributed by atoms with E-state index < -0.39 is 11.6 Å². The predicted molar refractivity (Wildman–Crippen MR) is 56.0 cm³/mol. The highest BCUT2D eigenvalue weighted by Crippen LogP contribution is 2.58. The summed E-state index contributed by atoms with van der Waals surface area (Å²) >= 11 is 3.27. The minimum absolute atomic E-state index is 0.226. The minimum Gasteiger partial charge on any atom is -0.170 e. The van der Waals surface area contributed by atoms with Crippen molar-refractivity contribution in [3.05, 3.63) is 35.4 Å². The Balaban J connectivity index is 2.30. The Kier molecular flexibility index (Phi) is 2.57. The SMILES string of the molecule is FC(F)(F)C1(c2ccc(CBr)cc2)CC1. The van der Waals surface area contributed by atoms with Gasteiger partial charge < -0.3 is 0 Å². The number of hydrogen-bond acceptors (Lipinski definition) is 0. The van der Waals surface area contributed by atoms with Gasteiger partial charge >= 0.3 is 6.18 Å². The number of hydrogen-bond donors (Lipinski definition) is 0.